The molecule has 2 aromatic rings. The molecule has 5 heteroatoms. The summed E-state index contributed by atoms with van der Waals surface area (Å²) in [7, 11) is 0. The van der Waals surface area contributed by atoms with Gasteiger partial charge in [-0.2, -0.15) is 0 Å². The lowest BCUT2D eigenvalue weighted by atomic mass is 10.0. The van der Waals surface area contributed by atoms with E-state index in [4.69, 9.17) is 0 Å². The van der Waals surface area contributed by atoms with Crippen LogP contribution in [0.15, 0.2) is 47.3 Å². The van der Waals surface area contributed by atoms with Gasteiger partial charge in [0, 0.05) is 41.9 Å². The van der Waals surface area contributed by atoms with Gasteiger partial charge in [0.25, 0.3) is 5.91 Å². The maximum atomic E-state index is 12.7. The second-order valence-corrected chi connectivity index (χ2v) is 6.20. The third-order valence-electron chi connectivity index (χ3n) is 4.38. The van der Waals surface area contributed by atoms with Crippen molar-refractivity contribution in [3.63, 3.8) is 0 Å². The fourth-order valence-electron chi connectivity index (χ4n) is 3.24. The number of Topliss-reactive ketones (excluding diaryl/α,β-unsaturated/α-hetero) is 1. The number of nitrogens with zero attached hydrogens (tertiary/aromatic N) is 1. The van der Waals surface area contributed by atoms with Crippen LogP contribution in [-0.4, -0.2) is 34.2 Å². The summed E-state index contributed by atoms with van der Waals surface area (Å²) in [6.07, 6.45) is 2.01. The van der Waals surface area contributed by atoms with Crippen LogP contribution in [0.4, 0.5) is 0 Å². The smallest absolute Gasteiger partial charge is 0.254 e. The lowest BCUT2D eigenvalue weighted by Gasteiger charge is -2.24. The molecule has 24 heavy (non-hydrogen) atoms. The quantitative estimate of drug-likeness (QED) is 0.879. The average Bonchev–Trinajstić information content (AvgIpc) is 3.02. The summed E-state index contributed by atoms with van der Waals surface area (Å²) >= 11 is 0. The fourth-order valence-corrected chi connectivity index (χ4v) is 3.24. The van der Waals surface area contributed by atoms with E-state index in [9.17, 15) is 14.4 Å². The van der Waals surface area contributed by atoms with E-state index < -0.39 is 0 Å². The minimum absolute atomic E-state index is 0.0439. The number of carbonyl (C=O) groups excluding carboxylic acids is 2. The summed E-state index contributed by atoms with van der Waals surface area (Å²) in [5.41, 5.74) is 1.43. The Morgan fingerprint density at radius 1 is 1.17 bits per heavy atom. The van der Waals surface area contributed by atoms with Crippen molar-refractivity contribution in [2.45, 2.75) is 32.2 Å². The van der Waals surface area contributed by atoms with Gasteiger partial charge in [-0.25, -0.2) is 0 Å². The Morgan fingerprint density at radius 3 is 2.62 bits per heavy atom. The Morgan fingerprint density at radius 2 is 1.92 bits per heavy atom. The predicted molar refractivity (Wildman–Crippen MR) is 91.2 cm³/mol. The lowest BCUT2D eigenvalue weighted by molar-refractivity contribution is 0.0716. The molecule has 0 spiro atoms. The summed E-state index contributed by atoms with van der Waals surface area (Å²) in [4.78, 5) is 41.1. The number of ketones is 1. The topological polar surface area (TPSA) is 70.2 Å². The number of hydrogen-bond donors (Lipinski definition) is 1. The highest BCUT2D eigenvalue weighted by Crippen LogP contribution is 2.24. The number of pyridine rings is 1. The summed E-state index contributed by atoms with van der Waals surface area (Å²) in [5, 5.41) is 0. The second-order valence-electron chi connectivity index (χ2n) is 6.20. The molecular formula is C19H20N2O3. The molecule has 0 aliphatic carbocycles. The molecule has 0 saturated carbocycles. The highest BCUT2D eigenvalue weighted by atomic mass is 16.2. The van der Waals surface area contributed by atoms with Crippen molar-refractivity contribution in [3.8, 4) is 0 Å². The van der Waals surface area contributed by atoms with E-state index in [1.54, 1.807) is 30.0 Å². The summed E-state index contributed by atoms with van der Waals surface area (Å²) in [5.74, 6) is -0.130. The molecule has 1 fully saturated rings. The number of benzene rings is 1. The molecule has 124 valence electrons. The number of nitrogens with one attached hydrogen (secondary N) is 1. The van der Waals surface area contributed by atoms with Gasteiger partial charge in [0.2, 0.25) is 5.56 Å². The Bertz CT molecular complexity index is 811. The van der Waals surface area contributed by atoms with Gasteiger partial charge in [0.1, 0.15) is 0 Å². The van der Waals surface area contributed by atoms with E-state index in [1.165, 1.54) is 6.07 Å². The van der Waals surface area contributed by atoms with Gasteiger partial charge in [0.05, 0.1) is 0 Å². The SMILES string of the molecule is Cc1cc(C(=O)N2CCCC2CC(=O)c2ccccc2)cc(=O)[nH]1. The van der Waals surface area contributed by atoms with Crippen LogP contribution in [0, 0.1) is 6.92 Å². The van der Waals surface area contributed by atoms with Gasteiger partial charge in [-0.15, -0.1) is 0 Å². The average molecular weight is 324 g/mol. The molecule has 5 nitrogen and oxygen atoms in total. The molecule has 1 amide bonds. The lowest BCUT2D eigenvalue weighted by Crippen LogP contribution is -2.37. The first-order chi connectivity index (χ1) is 11.5. The van der Waals surface area contributed by atoms with E-state index >= 15 is 0 Å². The highest BCUT2D eigenvalue weighted by molar-refractivity contribution is 5.98. The Kier molecular flexibility index (Phi) is 4.60. The molecule has 1 atom stereocenters. The van der Waals surface area contributed by atoms with Gasteiger partial charge in [-0.3, -0.25) is 14.4 Å². The van der Waals surface area contributed by atoms with Crippen LogP contribution in [0.25, 0.3) is 0 Å². The molecule has 1 aromatic carbocycles. The molecule has 1 N–H and O–H groups in total. The Balaban J connectivity index is 1.76. The number of aromatic amines is 1. The normalized spacial score (nSPS) is 17.0. The van der Waals surface area contributed by atoms with Crippen LogP contribution in [0.5, 0.6) is 0 Å². The molecule has 1 aromatic heterocycles. The molecule has 1 aliphatic rings. The van der Waals surface area contributed by atoms with Gasteiger partial charge in [-0.05, 0) is 25.8 Å². The van der Waals surface area contributed by atoms with Crippen molar-refractivity contribution in [3.05, 3.63) is 69.6 Å². The van der Waals surface area contributed by atoms with E-state index in [2.05, 4.69) is 4.98 Å². The molecule has 3 rings (SSSR count). The van der Waals surface area contributed by atoms with Crippen LogP contribution in [-0.2, 0) is 0 Å². The van der Waals surface area contributed by atoms with Crippen LogP contribution < -0.4 is 5.56 Å². The number of aryl methyl sites for hydroxylation is 1. The van der Waals surface area contributed by atoms with Crippen molar-refractivity contribution < 1.29 is 9.59 Å². The predicted octanol–water partition coefficient (Wildman–Crippen LogP) is 2.56. The molecule has 0 bridgehead atoms. The zero-order valence-electron chi connectivity index (χ0n) is 13.6. The first kappa shape index (κ1) is 16.2. The minimum Gasteiger partial charge on any atom is -0.335 e. The number of amides is 1. The summed E-state index contributed by atoms with van der Waals surface area (Å²) in [6, 6.07) is 12.0. The van der Waals surface area contributed by atoms with Crippen LogP contribution in [0.1, 0.15) is 45.7 Å². The number of hydrogen-bond acceptors (Lipinski definition) is 3. The van der Waals surface area contributed by atoms with Crippen molar-refractivity contribution in [2.75, 3.05) is 6.54 Å². The Hall–Kier alpha value is -2.69. The molecule has 2 heterocycles. The van der Waals surface area contributed by atoms with Crippen molar-refractivity contribution in [1.82, 2.24) is 9.88 Å². The van der Waals surface area contributed by atoms with Gasteiger partial charge in [-0.1, -0.05) is 30.3 Å². The van der Waals surface area contributed by atoms with Crippen molar-refractivity contribution >= 4 is 11.7 Å². The zero-order valence-corrected chi connectivity index (χ0v) is 13.6. The molecule has 1 aliphatic heterocycles. The maximum Gasteiger partial charge on any atom is 0.254 e. The van der Waals surface area contributed by atoms with E-state index in [-0.39, 0.29) is 23.3 Å². The molecule has 0 radical (unpaired) electrons. The second kappa shape index (κ2) is 6.83. The van der Waals surface area contributed by atoms with Gasteiger partial charge < -0.3 is 9.88 Å². The van der Waals surface area contributed by atoms with Gasteiger partial charge >= 0.3 is 0 Å². The van der Waals surface area contributed by atoms with E-state index in [0.717, 1.165) is 12.8 Å². The number of aromatic nitrogens is 1. The minimum atomic E-state index is -0.283. The van der Waals surface area contributed by atoms with E-state index in [0.29, 0.717) is 29.8 Å². The highest BCUT2D eigenvalue weighted by Gasteiger charge is 2.31. The standard InChI is InChI=1S/C19H20N2O3/c1-13-10-15(11-18(23)20-13)19(24)21-9-5-8-16(21)12-17(22)14-6-3-2-4-7-14/h2-4,6-7,10-11,16H,5,8-9,12H2,1H3,(H,20,23). The third-order valence-corrected chi connectivity index (χ3v) is 4.38. The monoisotopic (exact) mass is 324 g/mol. The first-order valence-electron chi connectivity index (χ1n) is 8.15. The van der Waals surface area contributed by atoms with Gasteiger partial charge in [0.15, 0.2) is 5.78 Å². The summed E-state index contributed by atoms with van der Waals surface area (Å²) in [6.45, 7) is 2.37. The van der Waals surface area contributed by atoms with E-state index in [1.807, 2.05) is 18.2 Å². The number of rotatable bonds is 4. The number of likely N-dealkylation sites (tertiary alicyclic amines) is 1. The zero-order chi connectivity index (χ0) is 17.1. The fraction of sp³-hybridized carbons (Fsp3) is 0.316. The van der Waals surface area contributed by atoms with Crippen LogP contribution >= 0.6 is 0 Å². The van der Waals surface area contributed by atoms with Crippen LogP contribution in [0.3, 0.4) is 0 Å². The largest absolute Gasteiger partial charge is 0.335 e. The summed E-state index contributed by atoms with van der Waals surface area (Å²) < 4.78 is 0. The molecule has 1 saturated heterocycles. The third kappa shape index (κ3) is 3.45. The first-order valence-corrected chi connectivity index (χ1v) is 8.15. The number of carbonyl (C=O) groups is 2. The van der Waals surface area contributed by atoms with Crippen molar-refractivity contribution in [2.24, 2.45) is 0 Å². The van der Waals surface area contributed by atoms with Crippen LogP contribution in [0.2, 0.25) is 0 Å². The maximum absolute atomic E-state index is 12.7. The number of H-pyrrole nitrogens is 1. The molecule has 1 unspecified atom stereocenters. The van der Waals surface area contributed by atoms with Crippen molar-refractivity contribution in [1.29, 1.82) is 0 Å². The molecular weight excluding hydrogens is 304 g/mol. The Labute approximate surface area is 140 Å².